The average Bonchev–Trinajstić information content (AvgIpc) is 3.39. The molecule has 0 saturated carbocycles. The predicted octanol–water partition coefficient (Wildman–Crippen LogP) is 4.44. The van der Waals surface area contributed by atoms with Crippen LogP contribution in [-0.2, 0) is 10.0 Å². The number of aromatic nitrogens is 2. The molecule has 0 spiro atoms. The number of aromatic hydroxyl groups is 1. The molecule has 1 aromatic carbocycles. The van der Waals surface area contributed by atoms with E-state index in [1.807, 2.05) is 6.92 Å². The third-order valence-corrected chi connectivity index (χ3v) is 7.97. The van der Waals surface area contributed by atoms with Crippen molar-refractivity contribution in [2.24, 2.45) is 0 Å². The molecule has 4 aromatic rings. The number of nitrogens with zero attached hydrogens (tertiary/aromatic N) is 2. The minimum absolute atomic E-state index is 0.0418. The number of hydrogen-bond donors (Lipinski definition) is 3. The molecule has 3 N–H and O–H groups in total. The summed E-state index contributed by atoms with van der Waals surface area (Å²) in [7, 11) is -4.04. The van der Waals surface area contributed by atoms with Gasteiger partial charge in [-0.25, -0.2) is 13.4 Å². The van der Waals surface area contributed by atoms with Gasteiger partial charge >= 0.3 is 0 Å². The topological polar surface area (TPSA) is 121 Å². The number of carbonyl (C=O) groups excluding carboxylic acids is 1. The lowest BCUT2D eigenvalue weighted by molar-refractivity contribution is 0.102. The molecule has 11 heteroatoms. The summed E-state index contributed by atoms with van der Waals surface area (Å²) >= 11 is 2.18. The van der Waals surface area contributed by atoms with Crippen LogP contribution < -0.4 is 10.0 Å². The Kier molecular flexibility index (Phi) is 5.42. The first-order chi connectivity index (χ1) is 14.7. The number of anilines is 2. The van der Waals surface area contributed by atoms with Gasteiger partial charge in [0.15, 0.2) is 0 Å². The van der Waals surface area contributed by atoms with Gasteiger partial charge in [-0.3, -0.25) is 9.52 Å². The van der Waals surface area contributed by atoms with E-state index in [4.69, 9.17) is 0 Å². The molecular formula is C20H18N4O4S3. The number of amides is 1. The maximum Gasteiger partial charge on any atom is 0.267 e. The minimum atomic E-state index is -4.04. The zero-order valence-corrected chi connectivity index (χ0v) is 19.2. The number of nitrogens with one attached hydrogen (secondary N) is 2. The van der Waals surface area contributed by atoms with Gasteiger partial charge in [0.05, 0.1) is 23.0 Å². The van der Waals surface area contributed by atoms with E-state index in [1.54, 1.807) is 37.6 Å². The maximum atomic E-state index is 13.1. The number of phenolic OH excluding ortho intramolecular Hbond substituents is 1. The minimum Gasteiger partial charge on any atom is -0.507 e. The van der Waals surface area contributed by atoms with Gasteiger partial charge in [0, 0.05) is 11.8 Å². The molecule has 0 fully saturated rings. The lowest BCUT2D eigenvalue weighted by Gasteiger charge is -2.15. The summed E-state index contributed by atoms with van der Waals surface area (Å²) in [6, 6.07) is 4.69. The van der Waals surface area contributed by atoms with Crippen LogP contribution >= 0.6 is 22.9 Å². The number of sulfonamides is 1. The number of fused-ring (bicyclic) bond motifs is 1. The van der Waals surface area contributed by atoms with Crippen molar-refractivity contribution in [1.29, 1.82) is 0 Å². The van der Waals surface area contributed by atoms with Crippen molar-refractivity contribution >= 4 is 60.4 Å². The van der Waals surface area contributed by atoms with Crippen molar-refractivity contribution in [3.8, 4) is 5.75 Å². The third kappa shape index (κ3) is 3.87. The molecule has 0 bridgehead atoms. The van der Waals surface area contributed by atoms with E-state index in [0.717, 1.165) is 28.4 Å². The fourth-order valence-electron chi connectivity index (χ4n) is 3.28. The molecule has 160 valence electrons. The van der Waals surface area contributed by atoms with Gasteiger partial charge in [0.25, 0.3) is 15.9 Å². The van der Waals surface area contributed by atoms with Gasteiger partial charge in [-0.1, -0.05) is 6.07 Å². The largest absolute Gasteiger partial charge is 0.507 e. The first-order valence-electron chi connectivity index (χ1n) is 9.10. The van der Waals surface area contributed by atoms with E-state index in [2.05, 4.69) is 19.4 Å². The van der Waals surface area contributed by atoms with Gasteiger partial charge in [-0.2, -0.15) is 4.37 Å². The number of phenols is 1. The molecule has 0 aliphatic rings. The van der Waals surface area contributed by atoms with Crippen molar-refractivity contribution in [1.82, 2.24) is 9.36 Å². The van der Waals surface area contributed by atoms with Gasteiger partial charge < -0.3 is 10.4 Å². The van der Waals surface area contributed by atoms with Crippen LogP contribution in [0.3, 0.4) is 0 Å². The normalized spacial score (nSPS) is 11.6. The van der Waals surface area contributed by atoms with Crippen molar-refractivity contribution in [2.45, 2.75) is 25.7 Å². The van der Waals surface area contributed by atoms with E-state index < -0.39 is 15.9 Å². The highest BCUT2D eigenvalue weighted by Gasteiger charge is 2.26. The highest BCUT2D eigenvalue weighted by Crippen LogP contribution is 2.33. The maximum absolute atomic E-state index is 13.1. The molecule has 31 heavy (non-hydrogen) atoms. The fourth-order valence-corrected chi connectivity index (χ4v) is 6.31. The summed E-state index contributed by atoms with van der Waals surface area (Å²) in [6.07, 6.45) is 3.04. The quantitative estimate of drug-likeness (QED) is 0.393. The summed E-state index contributed by atoms with van der Waals surface area (Å²) in [4.78, 5) is 17.6. The molecule has 3 heterocycles. The van der Waals surface area contributed by atoms with Crippen LogP contribution in [0.5, 0.6) is 5.75 Å². The van der Waals surface area contributed by atoms with Crippen LogP contribution in [0, 0.1) is 20.8 Å². The van der Waals surface area contributed by atoms with Crippen LogP contribution in [0.15, 0.2) is 40.9 Å². The molecular weight excluding hydrogens is 456 g/mol. The van der Waals surface area contributed by atoms with Crippen LogP contribution in [0.2, 0.25) is 0 Å². The summed E-state index contributed by atoms with van der Waals surface area (Å²) in [5, 5.41) is 15.1. The van der Waals surface area contributed by atoms with E-state index >= 15 is 0 Å². The second-order valence-corrected chi connectivity index (χ2v) is 10.3. The third-order valence-electron chi connectivity index (χ3n) is 4.81. The van der Waals surface area contributed by atoms with E-state index in [-0.39, 0.29) is 15.5 Å². The second-order valence-electron chi connectivity index (χ2n) is 6.94. The first kappa shape index (κ1) is 21.2. The summed E-state index contributed by atoms with van der Waals surface area (Å²) in [5.74, 6) is -0.477. The Morgan fingerprint density at radius 1 is 1.16 bits per heavy atom. The smallest absolute Gasteiger partial charge is 0.267 e. The SMILES string of the molecule is Cc1cc(C)c(NC(=O)c2sccc2S(=O)(=O)Nc2ccnc3sncc23)c(C)c1O. The zero-order valence-electron chi connectivity index (χ0n) is 16.8. The number of carbonyl (C=O) groups is 1. The zero-order chi connectivity index (χ0) is 22.3. The van der Waals surface area contributed by atoms with E-state index in [0.29, 0.717) is 32.7 Å². The van der Waals surface area contributed by atoms with Crippen molar-refractivity contribution in [3.05, 3.63) is 57.5 Å². The fraction of sp³-hybridized carbons (Fsp3) is 0.150. The number of thiophene rings is 1. The predicted molar refractivity (Wildman–Crippen MR) is 123 cm³/mol. The van der Waals surface area contributed by atoms with E-state index in [1.165, 1.54) is 12.3 Å². The highest BCUT2D eigenvalue weighted by molar-refractivity contribution is 7.93. The monoisotopic (exact) mass is 474 g/mol. The molecule has 0 saturated heterocycles. The van der Waals surface area contributed by atoms with Gasteiger partial charge in [0.1, 0.15) is 20.4 Å². The molecule has 0 aliphatic carbocycles. The Hall–Kier alpha value is -3.02. The number of aryl methyl sites for hydroxylation is 2. The van der Waals surface area contributed by atoms with Crippen LogP contribution in [0.4, 0.5) is 11.4 Å². The Bertz CT molecular complexity index is 1420. The van der Waals surface area contributed by atoms with E-state index in [9.17, 15) is 18.3 Å². The number of rotatable bonds is 5. The summed E-state index contributed by atoms with van der Waals surface area (Å²) in [5.41, 5.74) is 2.78. The summed E-state index contributed by atoms with van der Waals surface area (Å²) < 4.78 is 32.7. The molecule has 0 atom stereocenters. The highest BCUT2D eigenvalue weighted by atomic mass is 32.2. The lowest BCUT2D eigenvalue weighted by Crippen LogP contribution is -2.19. The van der Waals surface area contributed by atoms with Crippen LogP contribution in [-0.4, -0.2) is 28.8 Å². The standard InChI is InChI=1S/C20H18N4O4S3/c1-10-8-11(2)17(25)12(3)16(10)23-19(26)18-15(5-7-29-18)31(27,28)24-14-4-6-21-20-13(14)9-22-30-20/h4-9,25H,1-3H3,(H,21,24)(H,23,26). The van der Waals surface area contributed by atoms with Gasteiger partial charge in [0.2, 0.25) is 0 Å². The number of pyridine rings is 1. The van der Waals surface area contributed by atoms with Crippen molar-refractivity contribution in [3.63, 3.8) is 0 Å². The lowest BCUT2D eigenvalue weighted by atomic mass is 10.0. The van der Waals surface area contributed by atoms with Crippen molar-refractivity contribution < 1.29 is 18.3 Å². The Morgan fingerprint density at radius 2 is 1.94 bits per heavy atom. The molecule has 0 unspecified atom stereocenters. The van der Waals surface area contributed by atoms with Crippen LogP contribution in [0.25, 0.3) is 10.2 Å². The Labute approximate surface area is 186 Å². The number of hydrogen-bond acceptors (Lipinski definition) is 8. The number of benzene rings is 1. The second kappa shape index (κ2) is 7.91. The Morgan fingerprint density at radius 3 is 2.71 bits per heavy atom. The molecule has 0 aliphatic heterocycles. The molecule has 0 radical (unpaired) electrons. The average molecular weight is 475 g/mol. The summed E-state index contributed by atoms with van der Waals surface area (Å²) in [6.45, 7) is 5.28. The van der Waals surface area contributed by atoms with Gasteiger partial charge in [-0.15, -0.1) is 11.3 Å². The molecule has 8 nitrogen and oxygen atoms in total. The van der Waals surface area contributed by atoms with Crippen LogP contribution in [0.1, 0.15) is 26.4 Å². The van der Waals surface area contributed by atoms with Gasteiger partial charge in [-0.05, 0) is 60.9 Å². The van der Waals surface area contributed by atoms with Crippen molar-refractivity contribution in [2.75, 3.05) is 10.0 Å². The molecule has 3 aromatic heterocycles. The Balaban J connectivity index is 1.67. The first-order valence-corrected chi connectivity index (χ1v) is 12.2. The molecule has 4 rings (SSSR count). The molecule has 1 amide bonds.